The SMILES string of the molecule is CN1C(=C(C#N)C(=O)COc2cccc(C#N)c2)N(C)c2ccccc21. The van der Waals surface area contributed by atoms with Gasteiger partial charge in [0.1, 0.15) is 23.2 Å². The number of Topliss-reactive ketones (excluding diaryl/α,β-unsaturated/α-hetero) is 1. The van der Waals surface area contributed by atoms with Crippen LogP contribution in [0, 0.1) is 22.7 Å². The number of fused-ring (bicyclic) bond motifs is 1. The van der Waals surface area contributed by atoms with E-state index in [0.29, 0.717) is 17.1 Å². The summed E-state index contributed by atoms with van der Waals surface area (Å²) in [5.74, 6) is 0.514. The maximum Gasteiger partial charge on any atom is 0.214 e. The molecular formula is C20H16N4O2. The van der Waals surface area contributed by atoms with E-state index in [2.05, 4.69) is 0 Å². The molecule has 1 aliphatic rings. The number of carbonyl (C=O) groups is 1. The Morgan fingerprint density at radius 2 is 1.69 bits per heavy atom. The van der Waals surface area contributed by atoms with Crippen LogP contribution in [0.1, 0.15) is 5.56 Å². The molecule has 0 unspecified atom stereocenters. The first-order chi connectivity index (χ1) is 12.6. The summed E-state index contributed by atoms with van der Waals surface area (Å²) in [7, 11) is 3.64. The molecule has 0 aromatic heterocycles. The van der Waals surface area contributed by atoms with Gasteiger partial charge in [-0.1, -0.05) is 18.2 Å². The summed E-state index contributed by atoms with van der Waals surface area (Å²) in [4.78, 5) is 16.3. The number of rotatable bonds is 4. The molecule has 6 heteroatoms. The number of nitrogens with zero attached hydrogens (tertiary/aromatic N) is 4. The molecule has 0 saturated heterocycles. The largest absolute Gasteiger partial charge is 0.485 e. The fraction of sp³-hybridized carbons (Fsp3) is 0.150. The van der Waals surface area contributed by atoms with Gasteiger partial charge in [0, 0.05) is 14.1 Å². The van der Waals surface area contributed by atoms with Crippen LogP contribution in [-0.2, 0) is 4.79 Å². The third-order valence-electron chi connectivity index (χ3n) is 4.19. The first-order valence-electron chi connectivity index (χ1n) is 7.94. The summed E-state index contributed by atoms with van der Waals surface area (Å²) >= 11 is 0. The predicted octanol–water partition coefficient (Wildman–Crippen LogP) is 2.83. The van der Waals surface area contributed by atoms with E-state index in [0.717, 1.165) is 11.4 Å². The van der Waals surface area contributed by atoms with Crippen molar-refractivity contribution in [1.82, 2.24) is 0 Å². The number of carbonyl (C=O) groups excluding carboxylic acids is 1. The fourth-order valence-electron chi connectivity index (χ4n) is 2.93. The van der Waals surface area contributed by atoms with Gasteiger partial charge in [-0.2, -0.15) is 10.5 Å². The van der Waals surface area contributed by atoms with E-state index >= 15 is 0 Å². The Balaban J connectivity index is 1.85. The van der Waals surface area contributed by atoms with Crippen molar-refractivity contribution in [2.75, 3.05) is 30.5 Å². The van der Waals surface area contributed by atoms with Crippen LogP contribution < -0.4 is 14.5 Å². The lowest BCUT2D eigenvalue weighted by Crippen LogP contribution is -2.27. The highest BCUT2D eigenvalue weighted by Crippen LogP contribution is 2.40. The summed E-state index contributed by atoms with van der Waals surface area (Å²) in [6.07, 6.45) is 0. The van der Waals surface area contributed by atoms with Crippen LogP contribution in [0.5, 0.6) is 5.75 Å². The van der Waals surface area contributed by atoms with Crippen LogP contribution in [0.2, 0.25) is 0 Å². The molecule has 1 heterocycles. The number of hydrogen-bond acceptors (Lipinski definition) is 6. The van der Waals surface area contributed by atoms with Gasteiger partial charge in [-0.15, -0.1) is 0 Å². The van der Waals surface area contributed by atoms with Crippen molar-refractivity contribution in [2.24, 2.45) is 0 Å². The molecule has 2 aromatic rings. The molecule has 0 aliphatic carbocycles. The van der Waals surface area contributed by atoms with Gasteiger partial charge in [-0.25, -0.2) is 0 Å². The highest BCUT2D eigenvalue weighted by Gasteiger charge is 2.31. The van der Waals surface area contributed by atoms with E-state index in [-0.39, 0.29) is 12.2 Å². The van der Waals surface area contributed by atoms with Gasteiger partial charge in [0.2, 0.25) is 5.78 Å². The van der Waals surface area contributed by atoms with E-state index < -0.39 is 5.78 Å². The quantitative estimate of drug-likeness (QED) is 0.627. The van der Waals surface area contributed by atoms with Gasteiger partial charge in [0.25, 0.3) is 0 Å². The van der Waals surface area contributed by atoms with Crippen LogP contribution in [0.3, 0.4) is 0 Å². The summed E-state index contributed by atoms with van der Waals surface area (Å²) in [5, 5.41) is 18.5. The van der Waals surface area contributed by atoms with E-state index in [4.69, 9.17) is 10.00 Å². The van der Waals surface area contributed by atoms with Crippen LogP contribution in [0.4, 0.5) is 11.4 Å². The molecule has 1 aliphatic heterocycles. The average molecular weight is 344 g/mol. The maximum atomic E-state index is 12.6. The lowest BCUT2D eigenvalue weighted by molar-refractivity contribution is -0.117. The van der Waals surface area contributed by atoms with Crippen molar-refractivity contribution < 1.29 is 9.53 Å². The molecule has 0 saturated carbocycles. The zero-order valence-electron chi connectivity index (χ0n) is 14.4. The van der Waals surface area contributed by atoms with Crippen molar-refractivity contribution in [3.8, 4) is 17.9 Å². The second-order valence-corrected chi connectivity index (χ2v) is 5.77. The van der Waals surface area contributed by atoms with Crippen molar-refractivity contribution in [1.29, 1.82) is 10.5 Å². The van der Waals surface area contributed by atoms with Gasteiger partial charge in [0.15, 0.2) is 6.61 Å². The van der Waals surface area contributed by atoms with Gasteiger partial charge in [-0.3, -0.25) is 4.79 Å². The molecular weight excluding hydrogens is 328 g/mol. The van der Waals surface area contributed by atoms with Crippen molar-refractivity contribution in [2.45, 2.75) is 0 Å². The van der Waals surface area contributed by atoms with Crippen molar-refractivity contribution in [3.05, 3.63) is 65.5 Å². The Hall–Kier alpha value is -3.77. The molecule has 26 heavy (non-hydrogen) atoms. The Labute approximate surface area is 151 Å². The van der Waals surface area contributed by atoms with Gasteiger partial charge < -0.3 is 14.5 Å². The van der Waals surface area contributed by atoms with Gasteiger partial charge in [0.05, 0.1) is 23.0 Å². The third kappa shape index (κ3) is 2.97. The lowest BCUT2D eigenvalue weighted by atomic mass is 10.2. The molecule has 0 atom stereocenters. The second kappa shape index (κ2) is 7.00. The highest BCUT2D eigenvalue weighted by atomic mass is 16.5. The monoisotopic (exact) mass is 344 g/mol. The second-order valence-electron chi connectivity index (χ2n) is 5.77. The van der Waals surface area contributed by atoms with Crippen molar-refractivity contribution in [3.63, 3.8) is 0 Å². The van der Waals surface area contributed by atoms with Gasteiger partial charge in [-0.05, 0) is 30.3 Å². The third-order valence-corrected chi connectivity index (χ3v) is 4.19. The van der Waals surface area contributed by atoms with Crippen LogP contribution in [0.25, 0.3) is 0 Å². The summed E-state index contributed by atoms with van der Waals surface area (Å²) in [6, 6.07) is 18.3. The number of benzene rings is 2. The Bertz CT molecular complexity index is 951. The summed E-state index contributed by atoms with van der Waals surface area (Å²) in [5.41, 5.74) is 2.32. The first-order valence-corrected chi connectivity index (χ1v) is 7.94. The van der Waals surface area contributed by atoms with E-state index in [1.165, 1.54) is 0 Å². The molecule has 0 amide bonds. The Kier molecular flexibility index (Phi) is 4.59. The Morgan fingerprint density at radius 3 is 2.27 bits per heavy atom. The number of hydrogen-bond donors (Lipinski definition) is 0. The van der Waals surface area contributed by atoms with E-state index in [1.54, 1.807) is 24.3 Å². The molecule has 0 radical (unpaired) electrons. The number of ketones is 1. The topological polar surface area (TPSA) is 80.4 Å². The van der Waals surface area contributed by atoms with Crippen LogP contribution in [-0.4, -0.2) is 26.5 Å². The number of ether oxygens (including phenoxy) is 1. The molecule has 128 valence electrons. The predicted molar refractivity (Wildman–Crippen MR) is 97.5 cm³/mol. The number of para-hydroxylation sites is 2. The van der Waals surface area contributed by atoms with Crippen LogP contribution >= 0.6 is 0 Å². The first kappa shape index (κ1) is 17.1. The molecule has 0 fully saturated rings. The fourth-order valence-corrected chi connectivity index (χ4v) is 2.93. The summed E-state index contributed by atoms with van der Waals surface area (Å²) < 4.78 is 5.48. The standard InChI is InChI=1S/C20H16N4O2/c1-23-17-8-3-4-9-18(17)24(2)20(23)16(12-22)19(25)13-26-15-7-5-6-14(10-15)11-21/h3-10H,13H2,1-2H3. The van der Waals surface area contributed by atoms with Crippen molar-refractivity contribution >= 4 is 17.2 Å². The lowest BCUT2D eigenvalue weighted by Gasteiger charge is -2.20. The van der Waals surface area contributed by atoms with Gasteiger partial charge >= 0.3 is 0 Å². The average Bonchev–Trinajstić information content (AvgIpc) is 2.93. The van der Waals surface area contributed by atoms with E-state index in [1.807, 2.05) is 60.3 Å². The molecule has 0 spiro atoms. The zero-order chi connectivity index (χ0) is 18.7. The zero-order valence-corrected chi connectivity index (χ0v) is 14.4. The minimum Gasteiger partial charge on any atom is -0.485 e. The Morgan fingerprint density at radius 1 is 1.04 bits per heavy atom. The minimum absolute atomic E-state index is 0.0302. The summed E-state index contributed by atoms with van der Waals surface area (Å²) in [6.45, 7) is -0.278. The van der Waals surface area contributed by atoms with E-state index in [9.17, 15) is 10.1 Å². The molecule has 0 N–H and O–H groups in total. The maximum absolute atomic E-state index is 12.6. The molecule has 3 rings (SSSR count). The normalized spacial score (nSPS) is 12.2. The van der Waals surface area contributed by atoms with Crippen LogP contribution in [0.15, 0.2) is 59.9 Å². The number of nitriles is 2. The molecule has 2 aromatic carbocycles. The molecule has 0 bridgehead atoms. The number of anilines is 2. The molecule has 6 nitrogen and oxygen atoms in total. The smallest absolute Gasteiger partial charge is 0.214 e. The minimum atomic E-state index is -0.420. The highest BCUT2D eigenvalue weighted by molar-refractivity contribution is 6.03.